The van der Waals surface area contributed by atoms with Crippen molar-refractivity contribution in [2.24, 2.45) is 5.92 Å². The average Bonchev–Trinajstić information content (AvgIpc) is 2.91. The van der Waals surface area contributed by atoms with E-state index in [1.54, 1.807) is 6.92 Å². The molecule has 6 heteroatoms. The summed E-state index contributed by atoms with van der Waals surface area (Å²) in [6.45, 7) is 8.44. The summed E-state index contributed by atoms with van der Waals surface area (Å²) in [5.41, 5.74) is 0.719. The number of urea groups is 1. The SMILES string of the molecule is CC(C)(C)c1ccc(C2(C)NC(=O)N(CC(=O)NCC3CCCCC3)C2=O)cc1. The number of amides is 4. The third-order valence-electron chi connectivity index (χ3n) is 6.22. The highest BCUT2D eigenvalue weighted by molar-refractivity contribution is 6.09. The van der Waals surface area contributed by atoms with Crippen molar-refractivity contribution >= 4 is 17.8 Å². The zero-order chi connectivity index (χ0) is 21.2. The summed E-state index contributed by atoms with van der Waals surface area (Å²) in [5.74, 6) is -0.173. The highest BCUT2D eigenvalue weighted by Crippen LogP contribution is 2.31. The molecule has 0 radical (unpaired) electrons. The van der Waals surface area contributed by atoms with Crippen molar-refractivity contribution in [1.29, 1.82) is 0 Å². The van der Waals surface area contributed by atoms with Gasteiger partial charge in [0.15, 0.2) is 0 Å². The van der Waals surface area contributed by atoms with Gasteiger partial charge < -0.3 is 10.6 Å². The van der Waals surface area contributed by atoms with E-state index >= 15 is 0 Å². The van der Waals surface area contributed by atoms with Crippen molar-refractivity contribution in [2.75, 3.05) is 13.1 Å². The quantitative estimate of drug-likeness (QED) is 0.745. The van der Waals surface area contributed by atoms with Crippen molar-refractivity contribution in [3.8, 4) is 0 Å². The van der Waals surface area contributed by atoms with E-state index in [-0.39, 0.29) is 23.8 Å². The fraction of sp³-hybridized carbons (Fsp3) is 0.609. The molecule has 2 N–H and O–H groups in total. The fourth-order valence-electron chi connectivity index (χ4n) is 4.19. The number of carbonyl (C=O) groups excluding carboxylic acids is 3. The number of rotatable bonds is 5. The van der Waals surface area contributed by atoms with Crippen molar-refractivity contribution in [2.45, 2.75) is 70.8 Å². The van der Waals surface area contributed by atoms with Gasteiger partial charge in [-0.3, -0.25) is 14.5 Å². The Morgan fingerprint density at radius 3 is 2.34 bits per heavy atom. The number of nitrogens with zero attached hydrogens (tertiary/aromatic N) is 1. The first-order chi connectivity index (χ1) is 13.6. The molecule has 0 bridgehead atoms. The Hall–Kier alpha value is -2.37. The van der Waals surface area contributed by atoms with Gasteiger partial charge >= 0.3 is 6.03 Å². The zero-order valence-corrected chi connectivity index (χ0v) is 18.0. The molecule has 6 nitrogen and oxygen atoms in total. The summed E-state index contributed by atoms with van der Waals surface area (Å²) >= 11 is 0. The third-order valence-corrected chi connectivity index (χ3v) is 6.22. The van der Waals surface area contributed by atoms with Crippen LogP contribution in [0.15, 0.2) is 24.3 Å². The summed E-state index contributed by atoms with van der Waals surface area (Å²) in [7, 11) is 0. The number of benzene rings is 1. The van der Waals surface area contributed by atoms with Gasteiger partial charge in [0, 0.05) is 6.54 Å². The van der Waals surface area contributed by atoms with Crippen LogP contribution >= 0.6 is 0 Å². The first kappa shape index (κ1) is 21.3. The zero-order valence-electron chi connectivity index (χ0n) is 18.0. The number of carbonyl (C=O) groups is 3. The molecule has 1 aliphatic heterocycles. The predicted molar refractivity (Wildman–Crippen MR) is 112 cm³/mol. The first-order valence-electron chi connectivity index (χ1n) is 10.6. The van der Waals surface area contributed by atoms with E-state index in [2.05, 4.69) is 31.4 Å². The Morgan fingerprint density at radius 1 is 1.14 bits per heavy atom. The summed E-state index contributed by atoms with van der Waals surface area (Å²) in [6, 6.07) is 7.21. The summed E-state index contributed by atoms with van der Waals surface area (Å²) in [6.07, 6.45) is 5.94. The second kappa shape index (κ2) is 8.17. The largest absolute Gasteiger partial charge is 0.354 e. The average molecular weight is 400 g/mol. The van der Waals surface area contributed by atoms with Crippen LogP contribution in [0.25, 0.3) is 0 Å². The number of hydrogen-bond acceptors (Lipinski definition) is 3. The van der Waals surface area contributed by atoms with E-state index in [0.29, 0.717) is 18.0 Å². The normalized spacial score (nSPS) is 23.2. The van der Waals surface area contributed by atoms with E-state index in [1.165, 1.54) is 19.3 Å². The van der Waals surface area contributed by atoms with E-state index in [0.717, 1.165) is 23.3 Å². The molecular weight excluding hydrogens is 366 g/mol. The minimum Gasteiger partial charge on any atom is -0.354 e. The second-order valence-electron chi connectivity index (χ2n) is 9.58. The fourth-order valence-corrected chi connectivity index (χ4v) is 4.19. The maximum Gasteiger partial charge on any atom is 0.325 e. The van der Waals surface area contributed by atoms with Crippen LogP contribution in [-0.2, 0) is 20.5 Å². The molecule has 1 unspecified atom stereocenters. The van der Waals surface area contributed by atoms with Crippen LogP contribution in [0.3, 0.4) is 0 Å². The second-order valence-corrected chi connectivity index (χ2v) is 9.58. The van der Waals surface area contributed by atoms with Crippen LogP contribution in [0, 0.1) is 5.92 Å². The van der Waals surface area contributed by atoms with E-state index in [9.17, 15) is 14.4 Å². The van der Waals surface area contributed by atoms with Gasteiger partial charge in [0.25, 0.3) is 5.91 Å². The molecule has 3 rings (SSSR count). The smallest absolute Gasteiger partial charge is 0.325 e. The Bertz CT molecular complexity index is 776. The lowest BCUT2D eigenvalue weighted by atomic mass is 9.84. The van der Waals surface area contributed by atoms with Crippen LogP contribution in [0.4, 0.5) is 4.79 Å². The number of nitrogens with one attached hydrogen (secondary N) is 2. The topological polar surface area (TPSA) is 78.5 Å². The van der Waals surface area contributed by atoms with Crippen molar-refractivity contribution in [3.63, 3.8) is 0 Å². The van der Waals surface area contributed by atoms with Gasteiger partial charge in [-0.1, -0.05) is 64.3 Å². The van der Waals surface area contributed by atoms with Crippen molar-refractivity contribution < 1.29 is 14.4 Å². The van der Waals surface area contributed by atoms with Crippen molar-refractivity contribution in [3.05, 3.63) is 35.4 Å². The minimum absolute atomic E-state index is 0.00479. The van der Waals surface area contributed by atoms with Crippen LogP contribution in [0.2, 0.25) is 0 Å². The van der Waals surface area contributed by atoms with Gasteiger partial charge in [-0.25, -0.2) is 4.79 Å². The van der Waals surface area contributed by atoms with Crippen LogP contribution in [0.1, 0.15) is 70.9 Å². The highest BCUT2D eigenvalue weighted by atomic mass is 16.2. The van der Waals surface area contributed by atoms with Crippen LogP contribution < -0.4 is 10.6 Å². The van der Waals surface area contributed by atoms with Crippen LogP contribution in [-0.4, -0.2) is 35.8 Å². The maximum absolute atomic E-state index is 13.0. The molecule has 1 atom stereocenters. The Labute approximate surface area is 173 Å². The Kier molecular flexibility index (Phi) is 6.01. The molecule has 0 aromatic heterocycles. The lowest BCUT2D eigenvalue weighted by Gasteiger charge is -2.25. The standard InChI is InChI=1S/C23H33N3O3/c1-22(2,3)17-10-12-18(13-11-17)23(4)20(28)26(21(29)25-23)15-19(27)24-14-16-8-6-5-7-9-16/h10-13,16H,5-9,14-15H2,1-4H3,(H,24,27)(H,25,29). The molecular formula is C23H33N3O3. The molecule has 4 amide bonds. The molecule has 1 heterocycles. The summed E-state index contributed by atoms with van der Waals surface area (Å²) in [5, 5.41) is 5.67. The number of hydrogen-bond donors (Lipinski definition) is 2. The lowest BCUT2D eigenvalue weighted by molar-refractivity contribution is -0.134. The molecule has 158 valence electrons. The van der Waals surface area contributed by atoms with E-state index in [1.807, 2.05) is 24.3 Å². The summed E-state index contributed by atoms with van der Waals surface area (Å²) in [4.78, 5) is 38.9. The maximum atomic E-state index is 13.0. The van der Waals surface area contributed by atoms with Gasteiger partial charge in [-0.15, -0.1) is 0 Å². The van der Waals surface area contributed by atoms with E-state index < -0.39 is 11.6 Å². The predicted octanol–water partition coefficient (Wildman–Crippen LogP) is 3.45. The Morgan fingerprint density at radius 2 is 1.76 bits per heavy atom. The van der Waals surface area contributed by atoms with Gasteiger partial charge in [0.2, 0.25) is 5.91 Å². The lowest BCUT2D eigenvalue weighted by Crippen LogP contribution is -2.44. The monoisotopic (exact) mass is 399 g/mol. The minimum atomic E-state index is -1.16. The van der Waals surface area contributed by atoms with Crippen LogP contribution in [0.5, 0.6) is 0 Å². The summed E-state index contributed by atoms with van der Waals surface area (Å²) < 4.78 is 0. The molecule has 2 aliphatic rings. The molecule has 1 aliphatic carbocycles. The molecule has 1 saturated carbocycles. The molecule has 1 aromatic carbocycles. The van der Waals surface area contributed by atoms with E-state index in [4.69, 9.17) is 0 Å². The molecule has 1 saturated heterocycles. The first-order valence-corrected chi connectivity index (χ1v) is 10.6. The Balaban J connectivity index is 1.64. The third kappa shape index (κ3) is 4.62. The van der Waals surface area contributed by atoms with Gasteiger partial charge in [0.05, 0.1) is 0 Å². The molecule has 0 spiro atoms. The van der Waals surface area contributed by atoms with Crippen molar-refractivity contribution in [1.82, 2.24) is 15.5 Å². The van der Waals surface area contributed by atoms with Gasteiger partial charge in [-0.05, 0) is 42.2 Å². The highest BCUT2D eigenvalue weighted by Gasteiger charge is 2.49. The number of imide groups is 1. The van der Waals surface area contributed by atoms with Gasteiger partial charge in [-0.2, -0.15) is 0 Å². The molecule has 2 fully saturated rings. The molecule has 29 heavy (non-hydrogen) atoms. The van der Waals surface area contributed by atoms with Gasteiger partial charge in [0.1, 0.15) is 12.1 Å². The molecule has 1 aromatic rings.